The molecule has 0 amide bonds. The van der Waals surface area contributed by atoms with Crippen LogP contribution in [0, 0.1) is 11.3 Å². The van der Waals surface area contributed by atoms with Crippen LogP contribution in [-0.4, -0.2) is 10.2 Å². The summed E-state index contributed by atoms with van der Waals surface area (Å²) >= 11 is 0. The van der Waals surface area contributed by atoms with E-state index in [9.17, 15) is 15.5 Å². The van der Waals surface area contributed by atoms with Crippen molar-refractivity contribution < 1.29 is 10.2 Å². The van der Waals surface area contributed by atoms with Crippen molar-refractivity contribution in [2.75, 3.05) is 0 Å². The second-order valence-corrected chi connectivity index (χ2v) is 5.67. The van der Waals surface area contributed by atoms with Gasteiger partial charge in [0, 0.05) is 5.41 Å². The van der Waals surface area contributed by atoms with Crippen LogP contribution in [-0.2, 0) is 11.8 Å². The average Bonchev–Trinajstić information content (AvgIpc) is 2.47. The van der Waals surface area contributed by atoms with Crippen LogP contribution < -0.4 is 0 Å². The van der Waals surface area contributed by atoms with E-state index >= 15 is 0 Å². The Balaban J connectivity index is 2.59. The molecule has 0 aliphatic carbocycles. The Labute approximate surface area is 125 Å². The van der Waals surface area contributed by atoms with Gasteiger partial charge in [0.05, 0.1) is 5.56 Å². The molecule has 0 aliphatic heterocycles. The van der Waals surface area contributed by atoms with Crippen LogP contribution in [0.3, 0.4) is 0 Å². The maximum absolute atomic E-state index is 10.0. The Morgan fingerprint density at radius 1 is 1.05 bits per heavy atom. The number of hydrogen-bond acceptors (Lipinski definition) is 3. The highest BCUT2D eigenvalue weighted by molar-refractivity contribution is 5.53. The van der Waals surface area contributed by atoms with Crippen molar-refractivity contribution in [2.24, 2.45) is 0 Å². The monoisotopic (exact) mass is 281 g/mol. The van der Waals surface area contributed by atoms with Crippen LogP contribution >= 0.6 is 0 Å². The molecule has 0 heterocycles. The third kappa shape index (κ3) is 2.71. The summed E-state index contributed by atoms with van der Waals surface area (Å²) in [6, 6.07) is 12.8. The first-order chi connectivity index (χ1) is 9.90. The molecule has 108 valence electrons. The van der Waals surface area contributed by atoms with Gasteiger partial charge in [-0.05, 0) is 41.3 Å². The zero-order valence-electron chi connectivity index (χ0n) is 12.5. The van der Waals surface area contributed by atoms with Crippen molar-refractivity contribution in [1.29, 1.82) is 5.26 Å². The van der Waals surface area contributed by atoms with Gasteiger partial charge >= 0.3 is 0 Å². The predicted octanol–water partition coefficient (Wildman–Crippen LogP) is 3.86. The van der Waals surface area contributed by atoms with Crippen LogP contribution in [0.15, 0.2) is 36.4 Å². The first kappa shape index (κ1) is 14.9. The van der Waals surface area contributed by atoms with E-state index in [4.69, 9.17) is 0 Å². The smallest absolute Gasteiger partial charge is 0.136 e. The zero-order chi connectivity index (χ0) is 15.6. The number of aromatic hydroxyl groups is 2. The van der Waals surface area contributed by atoms with Gasteiger partial charge < -0.3 is 10.2 Å². The van der Waals surface area contributed by atoms with Crippen molar-refractivity contribution in [3.8, 4) is 17.6 Å². The average molecular weight is 281 g/mol. The Bertz CT molecular complexity index is 694. The molecule has 0 spiro atoms. The molecule has 0 unspecified atom stereocenters. The summed E-state index contributed by atoms with van der Waals surface area (Å²) in [6.07, 6.45) is 0.667. The van der Waals surface area contributed by atoms with Crippen molar-refractivity contribution >= 4 is 0 Å². The highest BCUT2D eigenvalue weighted by atomic mass is 16.3. The molecule has 2 aromatic rings. The minimum Gasteiger partial charge on any atom is -0.508 e. The number of rotatable bonds is 3. The molecule has 0 atom stereocenters. The molecule has 2 aromatic carbocycles. The topological polar surface area (TPSA) is 64.2 Å². The quantitative estimate of drug-likeness (QED) is 0.898. The maximum Gasteiger partial charge on any atom is 0.136 e. The van der Waals surface area contributed by atoms with E-state index in [0.29, 0.717) is 12.0 Å². The molecule has 0 radical (unpaired) electrons. The first-order valence-electron chi connectivity index (χ1n) is 6.96. The molecular weight excluding hydrogens is 262 g/mol. The molecule has 2 N–H and O–H groups in total. The Kier molecular flexibility index (Phi) is 3.90. The van der Waals surface area contributed by atoms with Crippen molar-refractivity contribution in [3.63, 3.8) is 0 Å². The SMILES string of the molecule is CCc1cc(C(C)(C)c2ccc(O)cc2)cc(C#N)c1O. The van der Waals surface area contributed by atoms with Gasteiger partial charge in [0.2, 0.25) is 0 Å². The number of phenolic OH excluding ortho intramolecular Hbond substituents is 2. The summed E-state index contributed by atoms with van der Waals surface area (Å²) in [4.78, 5) is 0. The molecule has 3 nitrogen and oxygen atoms in total. The number of phenols is 2. The Morgan fingerprint density at radius 2 is 1.67 bits per heavy atom. The standard InChI is InChI=1S/C18H19NO2/c1-4-12-9-15(10-13(11-19)17(12)21)18(2,3)14-5-7-16(20)8-6-14/h5-10,20-21H,4H2,1-3H3. The van der Waals surface area contributed by atoms with E-state index in [1.807, 2.05) is 25.1 Å². The van der Waals surface area contributed by atoms with E-state index in [1.54, 1.807) is 18.2 Å². The molecule has 3 heteroatoms. The Hall–Kier alpha value is -2.47. The molecule has 0 aliphatic rings. The third-order valence-corrected chi connectivity index (χ3v) is 4.00. The normalized spacial score (nSPS) is 11.1. The number of benzene rings is 2. The molecule has 21 heavy (non-hydrogen) atoms. The van der Waals surface area contributed by atoms with E-state index in [0.717, 1.165) is 16.7 Å². The molecule has 0 bridgehead atoms. The molecule has 0 fully saturated rings. The van der Waals surface area contributed by atoms with Crippen LogP contribution in [0.4, 0.5) is 0 Å². The number of nitriles is 1. The van der Waals surface area contributed by atoms with E-state index in [-0.39, 0.29) is 16.9 Å². The molecule has 0 saturated heterocycles. The fourth-order valence-corrected chi connectivity index (χ4v) is 2.45. The van der Waals surface area contributed by atoms with Crippen LogP contribution in [0.2, 0.25) is 0 Å². The highest BCUT2D eigenvalue weighted by Crippen LogP contribution is 2.36. The summed E-state index contributed by atoms with van der Waals surface area (Å²) in [5, 5.41) is 28.6. The summed E-state index contributed by atoms with van der Waals surface area (Å²) < 4.78 is 0. The summed E-state index contributed by atoms with van der Waals surface area (Å²) in [5.74, 6) is 0.303. The van der Waals surface area contributed by atoms with Gasteiger partial charge in [0.1, 0.15) is 17.6 Å². The van der Waals surface area contributed by atoms with Crippen LogP contribution in [0.25, 0.3) is 0 Å². The van der Waals surface area contributed by atoms with Crippen LogP contribution in [0.1, 0.15) is 43.0 Å². The molecule has 2 rings (SSSR count). The highest BCUT2D eigenvalue weighted by Gasteiger charge is 2.25. The maximum atomic E-state index is 10.0. The minimum atomic E-state index is -0.322. The largest absolute Gasteiger partial charge is 0.508 e. The lowest BCUT2D eigenvalue weighted by Gasteiger charge is -2.27. The summed E-state index contributed by atoms with van der Waals surface area (Å²) in [5.41, 5.74) is 2.76. The van der Waals surface area contributed by atoms with E-state index in [2.05, 4.69) is 19.9 Å². The fraction of sp³-hybridized carbons (Fsp3) is 0.278. The van der Waals surface area contributed by atoms with Crippen LogP contribution in [0.5, 0.6) is 11.5 Å². The van der Waals surface area contributed by atoms with Gasteiger partial charge in [-0.25, -0.2) is 0 Å². The second-order valence-electron chi connectivity index (χ2n) is 5.67. The van der Waals surface area contributed by atoms with Crippen molar-refractivity contribution in [3.05, 3.63) is 58.7 Å². The molecule has 0 saturated carbocycles. The van der Waals surface area contributed by atoms with E-state index < -0.39 is 0 Å². The third-order valence-electron chi connectivity index (χ3n) is 4.00. The second kappa shape index (κ2) is 5.49. The van der Waals surface area contributed by atoms with Gasteiger partial charge in [-0.15, -0.1) is 0 Å². The lowest BCUT2D eigenvalue weighted by Crippen LogP contribution is -2.19. The first-order valence-corrected chi connectivity index (χ1v) is 6.96. The zero-order valence-corrected chi connectivity index (χ0v) is 12.5. The fourth-order valence-electron chi connectivity index (χ4n) is 2.45. The molecule has 0 aromatic heterocycles. The summed E-state index contributed by atoms with van der Waals surface area (Å²) in [7, 11) is 0. The van der Waals surface area contributed by atoms with Crippen molar-refractivity contribution in [2.45, 2.75) is 32.6 Å². The summed E-state index contributed by atoms with van der Waals surface area (Å²) in [6.45, 7) is 6.08. The molecular formula is C18H19NO2. The lowest BCUT2D eigenvalue weighted by molar-refractivity contribution is 0.466. The van der Waals surface area contributed by atoms with Gasteiger partial charge in [-0.3, -0.25) is 0 Å². The number of hydrogen-bond donors (Lipinski definition) is 2. The minimum absolute atomic E-state index is 0.0743. The van der Waals surface area contributed by atoms with Crippen molar-refractivity contribution in [1.82, 2.24) is 0 Å². The van der Waals surface area contributed by atoms with E-state index in [1.165, 1.54) is 0 Å². The number of nitrogens with zero attached hydrogens (tertiary/aromatic N) is 1. The van der Waals surface area contributed by atoms with Gasteiger partial charge in [0.15, 0.2) is 0 Å². The Morgan fingerprint density at radius 3 is 2.19 bits per heavy atom. The predicted molar refractivity (Wildman–Crippen MR) is 82.4 cm³/mol. The lowest BCUT2D eigenvalue weighted by atomic mass is 9.77. The number of aryl methyl sites for hydroxylation is 1. The van der Waals surface area contributed by atoms with Gasteiger partial charge in [0.25, 0.3) is 0 Å². The van der Waals surface area contributed by atoms with Gasteiger partial charge in [-0.2, -0.15) is 5.26 Å². The van der Waals surface area contributed by atoms with Gasteiger partial charge in [-0.1, -0.05) is 39.0 Å².